The number of aromatic nitrogens is 1. The SMILES string of the molecule is COc1ccccc1-c1nc(C(=O)N(Cc2ccc(C(=O)NC3CC3)cc2)C2CC2)cs1. The summed E-state index contributed by atoms with van der Waals surface area (Å²) in [6.07, 6.45) is 4.16. The van der Waals surface area contributed by atoms with Crippen LogP contribution in [-0.4, -0.2) is 40.9 Å². The zero-order valence-corrected chi connectivity index (χ0v) is 18.7. The summed E-state index contributed by atoms with van der Waals surface area (Å²) in [6, 6.07) is 15.8. The summed E-state index contributed by atoms with van der Waals surface area (Å²) in [7, 11) is 1.63. The van der Waals surface area contributed by atoms with Gasteiger partial charge in [0, 0.05) is 29.6 Å². The van der Waals surface area contributed by atoms with Crippen molar-refractivity contribution < 1.29 is 14.3 Å². The Morgan fingerprint density at radius 1 is 1.09 bits per heavy atom. The number of thiazole rings is 1. The van der Waals surface area contributed by atoms with Crippen LogP contribution in [0.5, 0.6) is 5.75 Å². The van der Waals surface area contributed by atoms with Crippen molar-refractivity contribution in [2.45, 2.75) is 44.3 Å². The largest absolute Gasteiger partial charge is 0.496 e. The summed E-state index contributed by atoms with van der Waals surface area (Å²) in [4.78, 5) is 32.1. The van der Waals surface area contributed by atoms with Gasteiger partial charge >= 0.3 is 0 Å². The first-order chi connectivity index (χ1) is 15.6. The molecule has 0 bridgehead atoms. The zero-order valence-electron chi connectivity index (χ0n) is 17.9. The summed E-state index contributed by atoms with van der Waals surface area (Å²) < 4.78 is 5.44. The van der Waals surface area contributed by atoms with E-state index < -0.39 is 0 Å². The van der Waals surface area contributed by atoms with Gasteiger partial charge in [-0.05, 0) is 55.5 Å². The average molecular weight is 448 g/mol. The Balaban J connectivity index is 1.31. The minimum Gasteiger partial charge on any atom is -0.496 e. The van der Waals surface area contributed by atoms with Crippen LogP contribution in [0.2, 0.25) is 0 Å². The number of nitrogens with one attached hydrogen (secondary N) is 1. The van der Waals surface area contributed by atoms with Crippen molar-refractivity contribution in [1.29, 1.82) is 0 Å². The molecule has 0 aliphatic heterocycles. The highest BCUT2D eigenvalue weighted by atomic mass is 32.1. The second kappa shape index (κ2) is 8.74. The highest BCUT2D eigenvalue weighted by Gasteiger charge is 2.34. The molecule has 0 unspecified atom stereocenters. The predicted octanol–water partition coefficient (Wildman–Crippen LogP) is 4.52. The molecule has 32 heavy (non-hydrogen) atoms. The minimum atomic E-state index is -0.0551. The van der Waals surface area contributed by atoms with Gasteiger partial charge < -0.3 is 15.0 Å². The van der Waals surface area contributed by atoms with Crippen LogP contribution in [0.4, 0.5) is 0 Å². The highest BCUT2D eigenvalue weighted by Crippen LogP contribution is 2.34. The number of hydrogen-bond donors (Lipinski definition) is 1. The molecule has 1 aromatic heterocycles. The van der Waals surface area contributed by atoms with Gasteiger partial charge in [-0.2, -0.15) is 0 Å². The van der Waals surface area contributed by atoms with Gasteiger partial charge in [0.05, 0.1) is 12.7 Å². The molecule has 2 aliphatic rings. The predicted molar refractivity (Wildman–Crippen MR) is 124 cm³/mol. The van der Waals surface area contributed by atoms with Gasteiger partial charge in [0.15, 0.2) is 0 Å². The van der Waals surface area contributed by atoms with Crippen LogP contribution in [0.15, 0.2) is 53.9 Å². The molecule has 0 spiro atoms. The first-order valence-corrected chi connectivity index (χ1v) is 11.8. The molecule has 6 nitrogen and oxygen atoms in total. The fraction of sp³-hybridized carbons (Fsp3) is 0.320. The molecule has 7 heteroatoms. The summed E-state index contributed by atoms with van der Waals surface area (Å²) in [6.45, 7) is 0.509. The Labute approximate surface area is 191 Å². The maximum Gasteiger partial charge on any atom is 0.273 e. The summed E-state index contributed by atoms with van der Waals surface area (Å²) in [5.41, 5.74) is 3.01. The number of rotatable bonds is 8. The van der Waals surface area contributed by atoms with Gasteiger partial charge in [-0.1, -0.05) is 24.3 Å². The molecule has 2 amide bonds. The molecule has 2 saturated carbocycles. The van der Waals surface area contributed by atoms with Crippen LogP contribution >= 0.6 is 11.3 Å². The number of carbonyl (C=O) groups is 2. The second-order valence-electron chi connectivity index (χ2n) is 8.35. The van der Waals surface area contributed by atoms with E-state index in [1.54, 1.807) is 7.11 Å². The van der Waals surface area contributed by atoms with Gasteiger partial charge in [-0.15, -0.1) is 11.3 Å². The molecular formula is C25H25N3O3S. The van der Waals surface area contributed by atoms with Gasteiger partial charge in [-0.3, -0.25) is 9.59 Å². The van der Waals surface area contributed by atoms with E-state index in [0.717, 1.165) is 47.6 Å². The Morgan fingerprint density at radius 2 is 1.84 bits per heavy atom. The molecular weight excluding hydrogens is 422 g/mol. The maximum atomic E-state index is 13.3. The third kappa shape index (κ3) is 4.53. The number of benzene rings is 2. The van der Waals surface area contributed by atoms with Crippen LogP contribution in [0.3, 0.4) is 0 Å². The van der Waals surface area contributed by atoms with Crippen molar-refractivity contribution in [3.8, 4) is 16.3 Å². The lowest BCUT2D eigenvalue weighted by Crippen LogP contribution is -2.33. The second-order valence-corrected chi connectivity index (χ2v) is 9.21. The molecule has 3 aromatic rings. The Bertz CT molecular complexity index is 1130. The third-order valence-corrected chi connectivity index (χ3v) is 6.67. The van der Waals surface area contributed by atoms with Crippen LogP contribution in [0.25, 0.3) is 10.6 Å². The summed E-state index contributed by atoms with van der Waals surface area (Å²) in [5.74, 6) is 0.659. The number of methoxy groups -OCH3 is 1. The van der Waals surface area contributed by atoms with Gasteiger partial charge in [0.25, 0.3) is 11.8 Å². The molecule has 0 radical (unpaired) electrons. The lowest BCUT2D eigenvalue weighted by Gasteiger charge is -2.21. The Hall–Kier alpha value is -3.19. The fourth-order valence-corrected chi connectivity index (χ4v) is 4.50. The van der Waals surface area contributed by atoms with E-state index in [0.29, 0.717) is 23.8 Å². The quantitative estimate of drug-likeness (QED) is 0.551. The van der Waals surface area contributed by atoms with E-state index in [1.807, 2.05) is 58.8 Å². The molecule has 164 valence electrons. The fourth-order valence-electron chi connectivity index (χ4n) is 3.67. The Kier molecular flexibility index (Phi) is 5.66. The minimum absolute atomic E-state index is 0.0273. The highest BCUT2D eigenvalue weighted by molar-refractivity contribution is 7.13. The molecule has 2 fully saturated rings. The van der Waals surface area contributed by atoms with Gasteiger partial charge in [0.2, 0.25) is 0 Å². The Morgan fingerprint density at radius 3 is 2.53 bits per heavy atom. The number of hydrogen-bond acceptors (Lipinski definition) is 5. The third-order valence-electron chi connectivity index (χ3n) is 5.79. The average Bonchev–Trinajstić information content (AvgIpc) is 3.76. The van der Waals surface area contributed by atoms with E-state index in [1.165, 1.54) is 11.3 Å². The maximum absolute atomic E-state index is 13.3. The number of amides is 2. The smallest absolute Gasteiger partial charge is 0.273 e. The molecule has 2 aliphatic carbocycles. The molecule has 0 atom stereocenters. The lowest BCUT2D eigenvalue weighted by molar-refractivity contribution is 0.0724. The first kappa shape index (κ1) is 20.7. The van der Waals surface area contributed by atoms with E-state index in [-0.39, 0.29) is 17.9 Å². The number of para-hydroxylation sites is 1. The van der Waals surface area contributed by atoms with E-state index >= 15 is 0 Å². The number of ether oxygens (including phenoxy) is 1. The number of nitrogens with zero attached hydrogens (tertiary/aromatic N) is 2. The zero-order chi connectivity index (χ0) is 22.1. The summed E-state index contributed by atoms with van der Waals surface area (Å²) in [5, 5.41) is 5.60. The van der Waals surface area contributed by atoms with Crippen molar-refractivity contribution in [3.05, 3.63) is 70.7 Å². The standard InChI is InChI=1S/C25H25N3O3S/c1-31-22-5-3-2-4-20(22)24-27-21(15-32-24)25(30)28(19-12-13-19)14-16-6-8-17(9-7-16)23(29)26-18-10-11-18/h2-9,15,18-19H,10-14H2,1H3,(H,26,29). The van der Waals surface area contributed by atoms with Crippen molar-refractivity contribution in [2.24, 2.45) is 0 Å². The van der Waals surface area contributed by atoms with Gasteiger partial charge in [-0.25, -0.2) is 4.98 Å². The van der Waals surface area contributed by atoms with Gasteiger partial charge in [0.1, 0.15) is 16.5 Å². The van der Waals surface area contributed by atoms with Crippen LogP contribution in [0.1, 0.15) is 52.1 Å². The molecule has 2 aromatic carbocycles. The van der Waals surface area contributed by atoms with E-state index in [4.69, 9.17) is 4.74 Å². The van der Waals surface area contributed by atoms with E-state index in [9.17, 15) is 9.59 Å². The summed E-state index contributed by atoms with van der Waals surface area (Å²) >= 11 is 1.45. The first-order valence-electron chi connectivity index (χ1n) is 10.9. The van der Waals surface area contributed by atoms with E-state index in [2.05, 4.69) is 10.3 Å². The monoisotopic (exact) mass is 447 g/mol. The normalized spacial score (nSPS) is 15.3. The number of carbonyl (C=O) groups excluding carboxylic acids is 2. The molecule has 0 saturated heterocycles. The molecule has 1 N–H and O–H groups in total. The van der Waals surface area contributed by atoms with Crippen LogP contribution in [-0.2, 0) is 6.54 Å². The van der Waals surface area contributed by atoms with Crippen LogP contribution in [0, 0.1) is 0 Å². The lowest BCUT2D eigenvalue weighted by atomic mass is 10.1. The van der Waals surface area contributed by atoms with Crippen molar-refractivity contribution in [1.82, 2.24) is 15.2 Å². The van der Waals surface area contributed by atoms with Crippen LogP contribution < -0.4 is 10.1 Å². The van der Waals surface area contributed by atoms with Crippen molar-refractivity contribution >= 4 is 23.2 Å². The molecule has 5 rings (SSSR count). The molecule has 1 heterocycles. The van der Waals surface area contributed by atoms with Crippen molar-refractivity contribution in [2.75, 3.05) is 7.11 Å². The topological polar surface area (TPSA) is 71.5 Å². The van der Waals surface area contributed by atoms with Crippen molar-refractivity contribution in [3.63, 3.8) is 0 Å².